The molecule has 0 spiro atoms. The first-order valence-electron chi connectivity index (χ1n) is 7.38. The molecule has 0 unspecified atom stereocenters. The molecule has 0 aliphatic carbocycles. The third-order valence-electron chi connectivity index (χ3n) is 3.34. The Morgan fingerprint density at radius 2 is 1.67 bits per heavy atom. The zero-order chi connectivity index (χ0) is 16.8. The molecule has 2 aromatic carbocycles. The second-order valence-corrected chi connectivity index (χ2v) is 5.07. The molecule has 0 atom stereocenters. The molecule has 3 aromatic rings. The summed E-state index contributed by atoms with van der Waals surface area (Å²) < 4.78 is 10.3. The van der Waals surface area contributed by atoms with Gasteiger partial charge < -0.3 is 14.5 Å². The van der Waals surface area contributed by atoms with Crippen molar-refractivity contribution in [2.75, 3.05) is 5.32 Å². The molecule has 24 heavy (non-hydrogen) atoms. The first-order chi connectivity index (χ1) is 11.7. The summed E-state index contributed by atoms with van der Waals surface area (Å²) in [5, 5.41) is 2.68. The first-order valence-corrected chi connectivity index (χ1v) is 7.38. The summed E-state index contributed by atoms with van der Waals surface area (Å²) in [5.41, 5.74) is 1.91. The second kappa shape index (κ2) is 7.28. The molecule has 5 nitrogen and oxygen atoms in total. The normalized spacial score (nSPS) is 10.2. The largest absolute Gasteiger partial charge is 0.459 e. The van der Waals surface area contributed by atoms with Gasteiger partial charge in [-0.05, 0) is 42.0 Å². The quantitative estimate of drug-likeness (QED) is 0.724. The molecule has 0 saturated heterocycles. The third-order valence-corrected chi connectivity index (χ3v) is 3.34. The summed E-state index contributed by atoms with van der Waals surface area (Å²) in [5.74, 6) is -0.538. The van der Waals surface area contributed by atoms with Gasteiger partial charge >= 0.3 is 5.97 Å². The number of anilines is 1. The van der Waals surface area contributed by atoms with Crippen LogP contribution in [0.15, 0.2) is 77.4 Å². The molecule has 5 heteroatoms. The van der Waals surface area contributed by atoms with E-state index in [1.54, 1.807) is 36.4 Å². The van der Waals surface area contributed by atoms with Crippen molar-refractivity contribution >= 4 is 17.6 Å². The van der Waals surface area contributed by atoms with Crippen LogP contribution in [0.4, 0.5) is 5.69 Å². The molecule has 0 aliphatic heterocycles. The van der Waals surface area contributed by atoms with Crippen LogP contribution in [0.3, 0.4) is 0 Å². The summed E-state index contributed by atoms with van der Waals surface area (Å²) in [6.45, 7) is 0.219. The van der Waals surface area contributed by atoms with Crippen LogP contribution >= 0.6 is 0 Å². The van der Waals surface area contributed by atoms with Crippen LogP contribution in [0, 0.1) is 0 Å². The lowest BCUT2D eigenvalue weighted by Crippen LogP contribution is -2.11. The summed E-state index contributed by atoms with van der Waals surface area (Å²) in [4.78, 5) is 23.9. The van der Waals surface area contributed by atoms with Gasteiger partial charge in [-0.15, -0.1) is 0 Å². The lowest BCUT2D eigenvalue weighted by Gasteiger charge is -2.06. The molecule has 3 rings (SSSR count). The van der Waals surface area contributed by atoms with Gasteiger partial charge in [-0.2, -0.15) is 0 Å². The van der Waals surface area contributed by atoms with E-state index in [1.165, 1.54) is 6.26 Å². The van der Waals surface area contributed by atoms with E-state index in [4.69, 9.17) is 9.15 Å². The SMILES string of the molecule is O=C(OCc1ccccc1)c1ccc(NC(=O)c2ccco2)cc1. The Morgan fingerprint density at radius 1 is 0.917 bits per heavy atom. The van der Waals surface area contributed by atoms with E-state index in [1.807, 2.05) is 30.3 Å². The molecular weight excluding hydrogens is 306 g/mol. The Kier molecular flexibility index (Phi) is 4.72. The van der Waals surface area contributed by atoms with Crippen LogP contribution in [-0.2, 0) is 11.3 Å². The van der Waals surface area contributed by atoms with Crippen LogP contribution in [0.5, 0.6) is 0 Å². The monoisotopic (exact) mass is 321 g/mol. The zero-order valence-electron chi connectivity index (χ0n) is 12.8. The van der Waals surface area contributed by atoms with Crippen LogP contribution in [-0.4, -0.2) is 11.9 Å². The van der Waals surface area contributed by atoms with Gasteiger partial charge in [0.05, 0.1) is 11.8 Å². The van der Waals surface area contributed by atoms with Gasteiger partial charge in [-0.1, -0.05) is 30.3 Å². The number of nitrogens with one attached hydrogen (secondary N) is 1. The molecule has 120 valence electrons. The van der Waals surface area contributed by atoms with E-state index >= 15 is 0 Å². The zero-order valence-corrected chi connectivity index (χ0v) is 12.8. The van der Waals surface area contributed by atoms with Crippen LogP contribution in [0.1, 0.15) is 26.5 Å². The van der Waals surface area contributed by atoms with Crippen LogP contribution in [0.2, 0.25) is 0 Å². The topological polar surface area (TPSA) is 68.5 Å². The highest BCUT2D eigenvalue weighted by Gasteiger charge is 2.10. The lowest BCUT2D eigenvalue weighted by atomic mass is 10.2. The van der Waals surface area contributed by atoms with Crippen molar-refractivity contribution in [2.24, 2.45) is 0 Å². The number of rotatable bonds is 5. The Bertz CT molecular complexity index is 808. The Balaban J connectivity index is 1.57. The van der Waals surface area contributed by atoms with Gasteiger partial charge in [0.25, 0.3) is 5.91 Å². The summed E-state index contributed by atoms with van der Waals surface area (Å²) in [6, 6.07) is 19.2. The van der Waals surface area contributed by atoms with Crippen molar-refractivity contribution < 1.29 is 18.7 Å². The maximum Gasteiger partial charge on any atom is 0.338 e. The average molecular weight is 321 g/mol. The van der Waals surface area contributed by atoms with E-state index in [0.717, 1.165) is 5.56 Å². The van der Waals surface area contributed by atoms with Crippen molar-refractivity contribution in [3.63, 3.8) is 0 Å². The number of esters is 1. The van der Waals surface area contributed by atoms with Gasteiger partial charge in [-0.3, -0.25) is 4.79 Å². The molecule has 1 amide bonds. The Morgan fingerprint density at radius 3 is 2.33 bits per heavy atom. The van der Waals surface area contributed by atoms with Crippen molar-refractivity contribution in [3.8, 4) is 0 Å². The molecule has 0 fully saturated rings. The standard InChI is InChI=1S/C19H15NO4/c21-18(17-7-4-12-23-17)20-16-10-8-15(9-11-16)19(22)24-13-14-5-2-1-3-6-14/h1-12H,13H2,(H,20,21). The van der Waals surface area contributed by atoms with Gasteiger partial charge in [0.1, 0.15) is 6.61 Å². The van der Waals surface area contributed by atoms with E-state index in [9.17, 15) is 9.59 Å². The van der Waals surface area contributed by atoms with Crippen molar-refractivity contribution in [2.45, 2.75) is 6.61 Å². The number of hydrogen-bond acceptors (Lipinski definition) is 4. The fraction of sp³-hybridized carbons (Fsp3) is 0.0526. The van der Waals surface area contributed by atoms with Crippen molar-refractivity contribution in [1.29, 1.82) is 0 Å². The van der Waals surface area contributed by atoms with Crippen LogP contribution in [0.25, 0.3) is 0 Å². The van der Waals surface area contributed by atoms with E-state index in [2.05, 4.69) is 5.32 Å². The number of carbonyl (C=O) groups excluding carboxylic acids is 2. The van der Waals surface area contributed by atoms with Crippen LogP contribution < -0.4 is 5.32 Å². The van der Waals surface area contributed by atoms with Crippen molar-refractivity contribution in [1.82, 2.24) is 0 Å². The Hall–Kier alpha value is -3.34. The maximum absolute atomic E-state index is 12.0. The third kappa shape index (κ3) is 3.89. The summed E-state index contributed by atoms with van der Waals surface area (Å²) in [7, 11) is 0. The smallest absolute Gasteiger partial charge is 0.338 e. The molecule has 1 heterocycles. The van der Waals surface area contributed by atoms with E-state index in [0.29, 0.717) is 11.3 Å². The van der Waals surface area contributed by atoms with Crippen molar-refractivity contribution in [3.05, 3.63) is 89.9 Å². The predicted octanol–water partition coefficient (Wildman–Crippen LogP) is 3.89. The minimum atomic E-state index is -0.414. The number of hydrogen-bond donors (Lipinski definition) is 1. The van der Waals surface area contributed by atoms with E-state index in [-0.39, 0.29) is 18.3 Å². The Labute approximate surface area is 138 Å². The molecule has 0 radical (unpaired) electrons. The summed E-state index contributed by atoms with van der Waals surface area (Å²) in [6.07, 6.45) is 1.43. The second-order valence-electron chi connectivity index (χ2n) is 5.07. The molecule has 0 aliphatic rings. The number of carbonyl (C=O) groups is 2. The highest BCUT2D eigenvalue weighted by Crippen LogP contribution is 2.13. The number of amides is 1. The highest BCUT2D eigenvalue weighted by molar-refractivity contribution is 6.02. The molecule has 1 N–H and O–H groups in total. The number of furan rings is 1. The minimum Gasteiger partial charge on any atom is -0.459 e. The molecular formula is C19H15NO4. The molecule has 0 bridgehead atoms. The number of benzene rings is 2. The average Bonchev–Trinajstić information content (AvgIpc) is 3.16. The summed E-state index contributed by atoms with van der Waals surface area (Å²) >= 11 is 0. The van der Waals surface area contributed by atoms with Gasteiger partial charge in [0.2, 0.25) is 0 Å². The fourth-order valence-electron chi connectivity index (χ4n) is 2.10. The molecule has 1 aromatic heterocycles. The predicted molar refractivity (Wildman–Crippen MR) is 88.7 cm³/mol. The highest BCUT2D eigenvalue weighted by atomic mass is 16.5. The lowest BCUT2D eigenvalue weighted by molar-refractivity contribution is 0.0472. The molecule has 0 saturated carbocycles. The number of ether oxygens (including phenoxy) is 1. The van der Waals surface area contributed by atoms with Gasteiger partial charge in [-0.25, -0.2) is 4.79 Å². The maximum atomic E-state index is 12.0. The van der Waals surface area contributed by atoms with Gasteiger partial charge in [0.15, 0.2) is 5.76 Å². The van der Waals surface area contributed by atoms with Gasteiger partial charge in [0, 0.05) is 5.69 Å². The first kappa shape index (κ1) is 15.6. The fourth-order valence-corrected chi connectivity index (χ4v) is 2.10. The minimum absolute atomic E-state index is 0.219. The van der Waals surface area contributed by atoms with E-state index < -0.39 is 5.97 Å².